The molecule has 3 aliphatic rings. The van der Waals surface area contributed by atoms with Crippen LogP contribution in [0, 0.1) is 11.8 Å². The van der Waals surface area contributed by atoms with Crippen LogP contribution in [0.4, 0.5) is 0 Å². The highest BCUT2D eigenvalue weighted by atomic mass is 35.5. The van der Waals surface area contributed by atoms with E-state index in [0.29, 0.717) is 42.1 Å². The minimum atomic E-state index is -0.0351. The van der Waals surface area contributed by atoms with Gasteiger partial charge in [-0.3, -0.25) is 4.79 Å². The minimum absolute atomic E-state index is 0. The van der Waals surface area contributed by atoms with E-state index in [9.17, 15) is 4.79 Å². The van der Waals surface area contributed by atoms with Crippen molar-refractivity contribution in [3.63, 3.8) is 0 Å². The number of benzene rings is 1. The zero-order valence-electron chi connectivity index (χ0n) is 19.4. The number of carbonyl (C=O) groups excluding carboxylic acids is 1. The van der Waals surface area contributed by atoms with Crippen LogP contribution in [-0.4, -0.2) is 62.9 Å². The van der Waals surface area contributed by atoms with Crippen molar-refractivity contribution in [2.45, 2.75) is 57.9 Å². The summed E-state index contributed by atoms with van der Waals surface area (Å²) in [5, 5.41) is 3.37. The Morgan fingerprint density at radius 2 is 1.97 bits per heavy atom. The largest absolute Gasteiger partial charge is 0.490 e. The monoisotopic (exact) mass is 466 g/mol. The standard InChI is InChI=1S/C25H38N2O4.ClH/c1-2-29-18-19-8-6-13-27(16-19)17-20-9-3-4-11-22(20)26-25(28)21-10-5-12-23-24(21)31-15-7-14-30-23;/h5,10,12,19-20,22H,2-4,6-9,11,13-18H2,1H3,(H,26,28);1H/t19-,20-,22+;/m1./s1. The van der Waals surface area contributed by atoms with Gasteiger partial charge in [0.2, 0.25) is 0 Å². The first-order valence-corrected chi connectivity index (χ1v) is 12.2. The summed E-state index contributed by atoms with van der Waals surface area (Å²) in [5.74, 6) is 2.39. The molecule has 1 aromatic carbocycles. The van der Waals surface area contributed by atoms with Gasteiger partial charge >= 0.3 is 0 Å². The fraction of sp³-hybridized carbons (Fsp3) is 0.720. The highest BCUT2D eigenvalue weighted by Crippen LogP contribution is 2.34. The molecule has 0 spiro atoms. The first-order valence-electron chi connectivity index (χ1n) is 12.2. The Balaban J connectivity index is 0.00000289. The Morgan fingerprint density at radius 1 is 1.12 bits per heavy atom. The Hall–Kier alpha value is -1.50. The number of nitrogens with one attached hydrogen (secondary N) is 1. The Labute approximate surface area is 198 Å². The zero-order valence-corrected chi connectivity index (χ0v) is 20.2. The van der Waals surface area contributed by atoms with Crippen molar-refractivity contribution in [2.75, 3.05) is 46.1 Å². The number of likely N-dealkylation sites (tertiary alicyclic amines) is 1. The van der Waals surface area contributed by atoms with E-state index in [1.165, 1.54) is 32.1 Å². The number of hydrogen-bond donors (Lipinski definition) is 1. The van der Waals surface area contributed by atoms with Crippen LogP contribution in [0.3, 0.4) is 0 Å². The van der Waals surface area contributed by atoms with E-state index in [4.69, 9.17) is 14.2 Å². The Morgan fingerprint density at radius 3 is 2.84 bits per heavy atom. The average Bonchev–Trinajstić information content (AvgIpc) is 3.05. The lowest BCUT2D eigenvalue weighted by Gasteiger charge is -2.39. The van der Waals surface area contributed by atoms with Gasteiger partial charge in [0.25, 0.3) is 5.91 Å². The number of hydrogen-bond acceptors (Lipinski definition) is 5. The van der Waals surface area contributed by atoms with Crippen LogP contribution in [0.2, 0.25) is 0 Å². The summed E-state index contributed by atoms with van der Waals surface area (Å²) >= 11 is 0. The van der Waals surface area contributed by atoms with Gasteiger partial charge in [-0.25, -0.2) is 0 Å². The molecule has 0 aromatic heterocycles. The quantitative estimate of drug-likeness (QED) is 0.649. The second kappa shape index (κ2) is 12.7. The number of para-hydroxylation sites is 1. The van der Waals surface area contributed by atoms with Crippen LogP contribution < -0.4 is 14.8 Å². The fourth-order valence-corrected chi connectivity index (χ4v) is 5.30. The molecule has 1 amide bonds. The van der Waals surface area contributed by atoms with Crippen molar-refractivity contribution in [3.05, 3.63) is 23.8 Å². The highest BCUT2D eigenvalue weighted by molar-refractivity contribution is 5.98. The molecule has 1 aromatic rings. The van der Waals surface area contributed by atoms with Crippen LogP contribution >= 0.6 is 12.4 Å². The van der Waals surface area contributed by atoms with Gasteiger partial charge in [0.05, 0.1) is 25.4 Å². The second-order valence-corrected chi connectivity index (χ2v) is 9.24. The SMILES string of the molecule is CCOC[C@@H]1CCCN(C[C@H]2CCCC[C@@H]2NC(=O)c2cccc3c2OCCCO3)C1.Cl. The van der Waals surface area contributed by atoms with Crippen molar-refractivity contribution < 1.29 is 19.0 Å². The molecule has 1 aliphatic carbocycles. The predicted molar refractivity (Wildman–Crippen MR) is 128 cm³/mol. The summed E-state index contributed by atoms with van der Waals surface area (Å²) < 4.78 is 17.3. The van der Waals surface area contributed by atoms with E-state index >= 15 is 0 Å². The maximum atomic E-state index is 13.2. The van der Waals surface area contributed by atoms with Crippen LogP contribution in [0.25, 0.3) is 0 Å². The smallest absolute Gasteiger partial charge is 0.255 e. The summed E-state index contributed by atoms with van der Waals surface area (Å²) in [4.78, 5) is 15.8. The van der Waals surface area contributed by atoms with E-state index in [0.717, 1.165) is 45.7 Å². The molecular formula is C25H39ClN2O4. The highest BCUT2D eigenvalue weighted by Gasteiger charge is 2.31. The minimum Gasteiger partial charge on any atom is -0.490 e. The third kappa shape index (κ3) is 6.52. The molecule has 0 unspecified atom stereocenters. The number of fused-ring (bicyclic) bond motifs is 1. The summed E-state index contributed by atoms with van der Waals surface area (Å²) in [6.45, 7) is 8.30. The fourth-order valence-electron chi connectivity index (χ4n) is 5.30. The van der Waals surface area contributed by atoms with Crippen molar-refractivity contribution in [1.82, 2.24) is 10.2 Å². The molecule has 32 heavy (non-hydrogen) atoms. The van der Waals surface area contributed by atoms with Gasteiger partial charge in [-0.2, -0.15) is 0 Å². The maximum Gasteiger partial charge on any atom is 0.255 e. The third-order valence-electron chi connectivity index (χ3n) is 6.90. The summed E-state index contributed by atoms with van der Waals surface area (Å²) in [6.07, 6.45) is 8.02. The van der Waals surface area contributed by atoms with E-state index in [2.05, 4.69) is 17.1 Å². The zero-order chi connectivity index (χ0) is 21.5. The number of nitrogens with zero attached hydrogens (tertiary/aromatic N) is 1. The molecule has 4 rings (SSSR count). The average molecular weight is 467 g/mol. The molecule has 1 N–H and O–H groups in total. The summed E-state index contributed by atoms with van der Waals surface area (Å²) in [7, 11) is 0. The molecule has 1 saturated heterocycles. The molecule has 7 heteroatoms. The van der Waals surface area contributed by atoms with Gasteiger partial charge in [0.1, 0.15) is 0 Å². The first-order chi connectivity index (χ1) is 15.2. The summed E-state index contributed by atoms with van der Waals surface area (Å²) in [6, 6.07) is 5.84. The van der Waals surface area contributed by atoms with Crippen molar-refractivity contribution in [1.29, 1.82) is 0 Å². The van der Waals surface area contributed by atoms with Gasteiger partial charge in [0, 0.05) is 32.2 Å². The lowest BCUT2D eigenvalue weighted by molar-refractivity contribution is 0.0547. The molecule has 0 radical (unpaired) electrons. The molecule has 1 saturated carbocycles. The number of rotatable bonds is 7. The molecule has 6 nitrogen and oxygen atoms in total. The van der Waals surface area contributed by atoms with E-state index in [-0.39, 0.29) is 24.4 Å². The number of halogens is 1. The van der Waals surface area contributed by atoms with Crippen molar-refractivity contribution in [3.8, 4) is 11.5 Å². The molecule has 2 heterocycles. The van der Waals surface area contributed by atoms with Crippen molar-refractivity contribution in [2.24, 2.45) is 11.8 Å². The van der Waals surface area contributed by atoms with Crippen molar-refractivity contribution >= 4 is 18.3 Å². The summed E-state index contributed by atoms with van der Waals surface area (Å²) in [5.41, 5.74) is 0.596. The maximum absolute atomic E-state index is 13.2. The second-order valence-electron chi connectivity index (χ2n) is 9.24. The van der Waals surface area contributed by atoms with Crippen LogP contribution in [0.5, 0.6) is 11.5 Å². The molecule has 3 atom stereocenters. The van der Waals surface area contributed by atoms with Gasteiger partial charge in [-0.05, 0) is 63.1 Å². The molecule has 2 aliphatic heterocycles. The predicted octanol–water partition coefficient (Wildman–Crippen LogP) is 4.31. The Bertz CT molecular complexity index is 732. The van der Waals surface area contributed by atoms with Gasteiger partial charge in [0.15, 0.2) is 11.5 Å². The van der Waals surface area contributed by atoms with Crippen LogP contribution in [0.15, 0.2) is 18.2 Å². The molecule has 2 fully saturated rings. The van der Waals surface area contributed by atoms with E-state index in [1.807, 2.05) is 18.2 Å². The normalized spacial score (nSPS) is 26.0. The number of amides is 1. The lowest BCUT2D eigenvalue weighted by atomic mass is 9.83. The number of ether oxygens (including phenoxy) is 3. The third-order valence-corrected chi connectivity index (χ3v) is 6.90. The lowest BCUT2D eigenvalue weighted by Crippen LogP contribution is -2.48. The van der Waals surface area contributed by atoms with Gasteiger partial charge in [-0.1, -0.05) is 18.9 Å². The number of piperidine rings is 1. The number of carbonyl (C=O) groups is 1. The van der Waals surface area contributed by atoms with Gasteiger partial charge < -0.3 is 24.4 Å². The Kier molecular flexibility index (Phi) is 9.94. The molecule has 180 valence electrons. The molecule has 0 bridgehead atoms. The first kappa shape index (κ1) is 25.1. The van der Waals surface area contributed by atoms with Crippen LogP contribution in [0.1, 0.15) is 62.2 Å². The van der Waals surface area contributed by atoms with E-state index in [1.54, 1.807) is 0 Å². The van der Waals surface area contributed by atoms with Crippen LogP contribution in [-0.2, 0) is 4.74 Å². The topological polar surface area (TPSA) is 60.0 Å². The van der Waals surface area contributed by atoms with E-state index < -0.39 is 0 Å². The van der Waals surface area contributed by atoms with Gasteiger partial charge in [-0.15, -0.1) is 12.4 Å². The molecular weight excluding hydrogens is 428 g/mol.